The van der Waals surface area contributed by atoms with Crippen molar-refractivity contribution in [2.75, 3.05) is 26.8 Å². The summed E-state index contributed by atoms with van der Waals surface area (Å²) in [6.07, 6.45) is 0. The fraction of sp³-hybridized carbons (Fsp3) is 0.417. The van der Waals surface area contributed by atoms with Gasteiger partial charge in [0.05, 0.1) is 19.8 Å². The molecule has 0 bridgehead atoms. The lowest BCUT2D eigenvalue weighted by Crippen LogP contribution is -2.32. The van der Waals surface area contributed by atoms with Crippen LogP contribution in [0.25, 0.3) is 0 Å². The van der Waals surface area contributed by atoms with Crippen LogP contribution in [-0.2, 0) is 0 Å². The predicted octanol–water partition coefficient (Wildman–Crippen LogP) is 0.754. The van der Waals surface area contributed by atoms with Gasteiger partial charge in [-0.15, -0.1) is 0 Å². The molecule has 1 heterocycles. The first-order valence-corrected chi connectivity index (χ1v) is 5.55. The summed E-state index contributed by atoms with van der Waals surface area (Å²) in [6, 6.07) is 7.48. The largest absolute Gasteiger partial charge is 0.497 e. The number of carbonyl (C=O) groups excluding carboxylic acids is 1. The van der Waals surface area contributed by atoms with Crippen LogP contribution in [0.1, 0.15) is 11.6 Å². The van der Waals surface area contributed by atoms with Crippen molar-refractivity contribution in [1.82, 2.24) is 10.2 Å². The minimum atomic E-state index is -0.125. The lowest BCUT2D eigenvalue weighted by atomic mass is 10.1. The topological polar surface area (TPSA) is 61.8 Å². The Balaban J connectivity index is 2.17. The number of aliphatic hydroxyl groups excluding tert-OH is 1. The number of hydrogen-bond acceptors (Lipinski definition) is 3. The summed E-state index contributed by atoms with van der Waals surface area (Å²) in [5.74, 6) is 0.791. The van der Waals surface area contributed by atoms with Crippen molar-refractivity contribution >= 4 is 6.03 Å². The van der Waals surface area contributed by atoms with Crippen molar-refractivity contribution in [1.29, 1.82) is 0 Å². The molecule has 1 aromatic rings. The van der Waals surface area contributed by atoms with Crippen LogP contribution in [0.3, 0.4) is 0 Å². The minimum absolute atomic E-state index is 0.0134. The average Bonchev–Trinajstić information content (AvgIpc) is 2.72. The number of benzene rings is 1. The highest BCUT2D eigenvalue weighted by molar-refractivity contribution is 5.77. The number of urea groups is 1. The average molecular weight is 236 g/mol. The van der Waals surface area contributed by atoms with E-state index in [0.29, 0.717) is 13.1 Å². The van der Waals surface area contributed by atoms with E-state index in [0.717, 1.165) is 11.3 Å². The molecule has 1 fully saturated rings. The van der Waals surface area contributed by atoms with E-state index in [1.165, 1.54) is 0 Å². The third-order valence-corrected chi connectivity index (χ3v) is 2.93. The molecule has 1 atom stereocenters. The van der Waals surface area contributed by atoms with Crippen molar-refractivity contribution in [2.45, 2.75) is 6.04 Å². The monoisotopic (exact) mass is 236 g/mol. The molecule has 1 unspecified atom stereocenters. The summed E-state index contributed by atoms with van der Waals surface area (Å²) in [5, 5.41) is 11.7. The standard InChI is InChI=1S/C12H16N2O3/c1-17-10-4-2-9(3-5-10)11-8-13-12(16)14(11)6-7-15/h2-5,11,15H,6-8H2,1H3,(H,13,16). The van der Waals surface area contributed by atoms with Crippen molar-refractivity contribution < 1.29 is 14.6 Å². The highest BCUT2D eigenvalue weighted by Crippen LogP contribution is 2.25. The number of aliphatic hydroxyl groups is 1. The quantitative estimate of drug-likeness (QED) is 0.811. The molecule has 2 N–H and O–H groups in total. The van der Waals surface area contributed by atoms with E-state index in [1.807, 2.05) is 24.3 Å². The molecule has 2 rings (SSSR count). The molecule has 0 saturated carbocycles. The molecule has 1 saturated heterocycles. The van der Waals surface area contributed by atoms with Gasteiger partial charge in [-0.25, -0.2) is 4.79 Å². The van der Waals surface area contributed by atoms with E-state index in [1.54, 1.807) is 12.0 Å². The fourth-order valence-electron chi connectivity index (χ4n) is 2.03. The van der Waals surface area contributed by atoms with Gasteiger partial charge in [0.25, 0.3) is 0 Å². The van der Waals surface area contributed by atoms with E-state index in [-0.39, 0.29) is 18.7 Å². The van der Waals surface area contributed by atoms with Gasteiger partial charge >= 0.3 is 6.03 Å². The smallest absolute Gasteiger partial charge is 0.318 e. The number of ether oxygens (including phenoxy) is 1. The highest BCUT2D eigenvalue weighted by Gasteiger charge is 2.30. The Bertz CT molecular complexity index is 391. The Hall–Kier alpha value is -1.75. The first kappa shape index (κ1) is 11.7. The van der Waals surface area contributed by atoms with Gasteiger partial charge in [0.15, 0.2) is 0 Å². The molecule has 0 radical (unpaired) electrons. The van der Waals surface area contributed by atoms with Crippen LogP contribution in [0.4, 0.5) is 4.79 Å². The molecular formula is C12H16N2O3. The van der Waals surface area contributed by atoms with Gasteiger partial charge in [-0.3, -0.25) is 0 Å². The number of carbonyl (C=O) groups is 1. The first-order chi connectivity index (χ1) is 8.26. The maximum atomic E-state index is 11.6. The number of methoxy groups -OCH3 is 1. The van der Waals surface area contributed by atoms with Crippen LogP contribution in [0, 0.1) is 0 Å². The first-order valence-electron chi connectivity index (χ1n) is 5.55. The van der Waals surface area contributed by atoms with Crippen LogP contribution < -0.4 is 10.1 Å². The Kier molecular flexibility index (Phi) is 3.49. The Morgan fingerprint density at radius 3 is 2.76 bits per heavy atom. The van der Waals surface area contributed by atoms with Crippen LogP contribution in [-0.4, -0.2) is 42.8 Å². The van der Waals surface area contributed by atoms with Gasteiger partial charge in [-0.05, 0) is 17.7 Å². The van der Waals surface area contributed by atoms with Crippen LogP contribution >= 0.6 is 0 Å². The zero-order valence-corrected chi connectivity index (χ0v) is 9.72. The number of β-amino-alcohol motifs (C(OH)–C–C–N with tert-alkyl or cyclic N) is 1. The second-order valence-corrected chi connectivity index (χ2v) is 3.89. The molecule has 1 aliphatic rings. The molecule has 92 valence electrons. The molecule has 0 aromatic heterocycles. The third-order valence-electron chi connectivity index (χ3n) is 2.93. The van der Waals surface area contributed by atoms with Crippen molar-refractivity contribution in [3.05, 3.63) is 29.8 Å². The normalized spacial score (nSPS) is 19.3. The van der Waals surface area contributed by atoms with Gasteiger partial charge in [0.2, 0.25) is 0 Å². The number of nitrogens with zero attached hydrogens (tertiary/aromatic N) is 1. The van der Waals surface area contributed by atoms with E-state index in [9.17, 15) is 4.79 Å². The van der Waals surface area contributed by atoms with Crippen LogP contribution in [0.2, 0.25) is 0 Å². The van der Waals surface area contributed by atoms with Gasteiger partial charge in [0.1, 0.15) is 5.75 Å². The molecule has 1 aliphatic heterocycles. The van der Waals surface area contributed by atoms with Gasteiger partial charge in [-0.1, -0.05) is 12.1 Å². The van der Waals surface area contributed by atoms with Crippen LogP contribution in [0.5, 0.6) is 5.75 Å². The second kappa shape index (κ2) is 5.05. The molecule has 0 aliphatic carbocycles. The molecule has 17 heavy (non-hydrogen) atoms. The summed E-state index contributed by atoms with van der Waals surface area (Å²) >= 11 is 0. The third kappa shape index (κ3) is 2.34. The maximum Gasteiger partial charge on any atom is 0.318 e. The van der Waals surface area contributed by atoms with E-state index >= 15 is 0 Å². The molecule has 1 aromatic carbocycles. The molecule has 5 nitrogen and oxygen atoms in total. The molecule has 5 heteroatoms. The predicted molar refractivity (Wildman–Crippen MR) is 62.9 cm³/mol. The number of nitrogens with one attached hydrogen (secondary N) is 1. The Morgan fingerprint density at radius 1 is 1.47 bits per heavy atom. The molecule has 2 amide bonds. The summed E-state index contributed by atoms with van der Waals surface area (Å²) in [4.78, 5) is 13.2. The second-order valence-electron chi connectivity index (χ2n) is 3.89. The zero-order chi connectivity index (χ0) is 12.3. The molecule has 0 spiro atoms. The summed E-state index contributed by atoms with van der Waals surface area (Å²) in [6.45, 7) is 0.897. The summed E-state index contributed by atoms with van der Waals surface area (Å²) < 4.78 is 5.09. The van der Waals surface area contributed by atoms with E-state index in [4.69, 9.17) is 9.84 Å². The Morgan fingerprint density at radius 2 is 2.18 bits per heavy atom. The highest BCUT2D eigenvalue weighted by atomic mass is 16.5. The number of hydrogen-bond donors (Lipinski definition) is 2. The Labute approximate surface area is 100.0 Å². The summed E-state index contributed by atoms with van der Waals surface area (Å²) in [7, 11) is 1.62. The van der Waals surface area contributed by atoms with Gasteiger partial charge < -0.3 is 20.1 Å². The molecular weight excluding hydrogens is 220 g/mol. The van der Waals surface area contributed by atoms with E-state index < -0.39 is 0 Å². The summed E-state index contributed by atoms with van der Waals surface area (Å²) in [5.41, 5.74) is 1.04. The lowest BCUT2D eigenvalue weighted by molar-refractivity contribution is 0.179. The minimum Gasteiger partial charge on any atom is -0.497 e. The zero-order valence-electron chi connectivity index (χ0n) is 9.72. The number of amides is 2. The van der Waals surface area contributed by atoms with Gasteiger partial charge in [0, 0.05) is 13.1 Å². The van der Waals surface area contributed by atoms with Crippen molar-refractivity contribution in [2.24, 2.45) is 0 Å². The van der Waals surface area contributed by atoms with Crippen molar-refractivity contribution in [3.63, 3.8) is 0 Å². The van der Waals surface area contributed by atoms with Crippen molar-refractivity contribution in [3.8, 4) is 5.75 Å². The lowest BCUT2D eigenvalue weighted by Gasteiger charge is -2.22. The van der Waals surface area contributed by atoms with Crippen LogP contribution in [0.15, 0.2) is 24.3 Å². The van der Waals surface area contributed by atoms with E-state index in [2.05, 4.69) is 5.32 Å². The maximum absolute atomic E-state index is 11.6. The fourth-order valence-corrected chi connectivity index (χ4v) is 2.03. The SMILES string of the molecule is COc1ccc(C2CNC(=O)N2CCO)cc1. The number of rotatable bonds is 4. The van der Waals surface area contributed by atoms with Gasteiger partial charge in [-0.2, -0.15) is 0 Å².